The maximum atomic E-state index is 12.3. The monoisotopic (exact) mass is 342 g/mol. The second-order valence-electron chi connectivity index (χ2n) is 6.42. The summed E-state index contributed by atoms with van der Waals surface area (Å²) < 4.78 is 11.2. The summed E-state index contributed by atoms with van der Waals surface area (Å²) in [5.74, 6) is 1.05. The van der Waals surface area contributed by atoms with E-state index in [1.807, 2.05) is 17.0 Å². The number of methoxy groups -OCH3 is 1. The van der Waals surface area contributed by atoms with Crippen LogP contribution in [0.2, 0.25) is 0 Å². The molecule has 0 radical (unpaired) electrons. The standard InChI is InChI=1S/C20H26N2O3/c1-24-18-8-7-15-12-17(6-5-16(15)13-18)19-14-22(10-11-25-19)20(23)4-2-3-9-21/h5-8,12-13,19H,2-4,9-11,14,21H2,1H3/t19-/m1/s1. The number of nitrogens with zero attached hydrogens (tertiary/aromatic N) is 1. The second-order valence-corrected chi connectivity index (χ2v) is 6.42. The Bertz CT molecular complexity index is 732. The minimum atomic E-state index is -0.0706. The average molecular weight is 342 g/mol. The van der Waals surface area contributed by atoms with Gasteiger partial charge in [0, 0.05) is 13.0 Å². The van der Waals surface area contributed by atoms with Crippen molar-refractivity contribution in [1.29, 1.82) is 0 Å². The summed E-state index contributed by atoms with van der Waals surface area (Å²) in [4.78, 5) is 14.3. The van der Waals surface area contributed by atoms with Gasteiger partial charge in [0.15, 0.2) is 0 Å². The van der Waals surface area contributed by atoms with E-state index in [4.69, 9.17) is 15.2 Å². The Balaban J connectivity index is 1.70. The molecule has 0 saturated carbocycles. The van der Waals surface area contributed by atoms with Crippen molar-refractivity contribution in [1.82, 2.24) is 4.90 Å². The number of carbonyl (C=O) groups is 1. The predicted molar refractivity (Wildman–Crippen MR) is 98.7 cm³/mol. The Morgan fingerprint density at radius 3 is 2.84 bits per heavy atom. The van der Waals surface area contributed by atoms with Crippen molar-refractivity contribution >= 4 is 16.7 Å². The molecular weight excluding hydrogens is 316 g/mol. The van der Waals surface area contributed by atoms with Gasteiger partial charge in [-0.2, -0.15) is 0 Å². The fourth-order valence-corrected chi connectivity index (χ4v) is 3.23. The van der Waals surface area contributed by atoms with Gasteiger partial charge in [0.1, 0.15) is 11.9 Å². The van der Waals surface area contributed by atoms with E-state index >= 15 is 0 Å². The van der Waals surface area contributed by atoms with Crippen LogP contribution in [0.3, 0.4) is 0 Å². The SMILES string of the molecule is COc1ccc2cc([C@H]3CN(C(=O)CCCCN)CCO3)ccc2c1. The normalized spacial score (nSPS) is 17.7. The van der Waals surface area contributed by atoms with Gasteiger partial charge >= 0.3 is 0 Å². The molecule has 1 saturated heterocycles. The first-order valence-corrected chi connectivity index (χ1v) is 8.88. The van der Waals surface area contributed by atoms with Crippen LogP contribution in [0.25, 0.3) is 10.8 Å². The third-order valence-corrected chi connectivity index (χ3v) is 4.71. The quantitative estimate of drug-likeness (QED) is 0.820. The first kappa shape index (κ1) is 17.7. The van der Waals surface area contributed by atoms with Crippen molar-refractivity contribution in [2.75, 3.05) is 33.4 Å². The van der Waals surface area contributed by atoms with Crippen LogP contribution < -0.4 is 10.5 Å². The van der Waals surface area contributed by atoms with Crippen molar-refractivity contribution in [2.45, 2.75) is 25.4 Å². The molecule has 1 aliphatic heterocycles. The molecule has 0 aliphatic carbocycles. The van der Waals surface area contributed by atoms with E-state index in [1.54, 1.807) is 7.11 Å². The van der Waals surface area contributed by atoms with Gasteiger partial charge in [-0.15, -0.1) is 0 Å². The molecule has 1 atom stereocenters. The largest absolute Gasteiger partial charge is 0.497 e. The third-order valence-electron chi connectivity index (χ3n) is 4.71. The van der Waals surface area contributed by atoms with Crippen molar-refractivity contribution in [3.63, 3.8) is 0 Å². The number of unbranched alkanes of at least 4 members (excludes halogenated alkanes) is 1. The van der Waals surface area contributed by atoms with Gasteiger partial charge in [0.25, 0.3) is 0 Å². The number of hydrogen-bond donors (Lipinski definition) is 1. The Morgan fingerprint density at radius 1 is 1.24 bits per heavy atom. The van der Waals surface area contributed by atoms with Crippen LogP contribution in [0, 0.1) is 0 Å². The lowest BCUT2D eigenvalue weighted by Gasteiger charge is -2.33. The van der Waals surface area contributed by atoms with E-state index in [2.05, 4.69) is 24.3 Å². The average Bonchev–Trinajstić information content (AvgIpc) is 2.67. The lowest BCUT2D eigenvalue weighted by molar-refractivity contribution is -0.139. The molecular formula is C20H26N2O3. The fraction of sp³-hybridized carbons (Fsp3) is 0.450. The van der Waals surface area contributed by atoms with Gasteiger partial charge in [-0.05, 0) is 53.9 Å². The third kappa shape index (κ3) is 4.30. The van der Waals surface area contributed by atoms with Crippen molar-refractivity contribution in [2.24, 2.45) is 5.73 Å². The Kier molecular flexibility index (Phi) is 5.89. The highest BCUT2D eigenvalue weighted by molar-refractivity contribution is 5.84. The molecule has 2 N–H and O–H groups in total. The van der Waals surface area contributed by atoms with Gasteiger partial charge in [-0.25, -0.2) is 0 Å². The highest BCUT2D eigenvalue weighted by atomic mass is 16.5. The number of carbonyl (C=O) groups excluding carboxylic acids is 1. The summed E-state index contributed by atoms with van der Waals surface area (Å²) in [6.07, 6.45) is 2.25. The van der Waals surface area contributed by atoms with Crippen LogP contribution in [0.5, 0.6) is 5.75 Å². The number of hydrogen-bond acceptors (Lipinski definition) is 4. The van der Waals surface area contributed by atoms with E-state index in [1.165, 1.54) is 0 Å². The summed E-state index contributed by atoms with van der Waals surface area (Å²) in [7, 11) is 1.67. The zero-order valence-electron chi connectivity index (χ0n) is 14.7. The second kappa shape index (κ2) is 8.32. The van der Waals surface area contributed by atoms with E-state index in [-0.39, 0.29) is 12.0 Å². The van der Waals surface area contributed by atoms with Crippen LogP contribution in [0.1, 0.15) is 30.9 Å². The highest BCUT2D eigenvalue weighted by Crippen LogP contribution is 2.28. The minimum Gasteiger partial charge on any atom is -0.497 e. The molecule has 0 unspecified atom stereocenters. The van der Waals surface area contributed by atoms with E-state index < -0.39 is 0 Å². The van der Waals surface area contributed by atoms with Crippen LogP contribution >= 0.6 is 0 Å². The Morgan fingerprint density at radius 2 is 2.04 bits per heavy atom. The van der Waals surface area contributed by atoms with Crippen LogP contribution in [-0.4, -0.2) is 44.2 Å². The molecule has 0 spiro atoms. The molecule has 5 nitrogen and oxygen atoms in total. The maximum absolute atomic E-state index is 12.3. The van der Waals surface area contributed by atoms with E-state index in [0.717, 1.165) is 34.9 Å². The molecule has 1 heterocycles. The number of amides is 1. The van der Waals surface area contributed by atoms with Crippen molar-refractivity contribution in [3.8, 4) is 5.75 Å². The van der Waals surface area contributed by atoms with Gasteiger partial charge < -0.3 is 20.1 Å². The molecule has 134 valence electrons. The number of benzene rings is 2. The summed E-state index contributed by atoms with van der Waals surface area (Å²) in [6, 6.07) is 12.3. The summed E-state index contributed by atoms with van der Waals surface area (Å²) in [5, 5.41) is 2.28. The van der Waals surface area contributed by atoms with E-state index in [9.17, 15) is 4.79 Å². The Labute approximate surface area is 148 Å². The topological polar surface area (TPSA) is 64.8 Å². The molecule has 1 amide bonds. The molecule has 0 aromatic heterocycles. The van der Waals surface area contributed by atoms with Crippen LogP contribution in [0.4, 0.5) is 0 Å². The predicted octanol–water partition coefficient (Wildman–Crippen LogP) is 2.88. The molecule has 5 heteroatoms. The highest BCUT2D eigenvalue weighted by Gasteiger charge is 2.25. The summed E-state index contributed by atoms with van der Waals surface area (Å²) >= 11 is 0. The van der Waals surface area contributed by atoms with Gasteiger partial charge in [0.2, 0.25) is 5.91 Å². The molecule has 2 aromatic carbocycles. The molecule has 0 bridgehead atoms. The van der Waals surface area contributed by atoms with Crippen LogP contribution in [-0.2, 0) is 9.53 Å². The molecule has 2 aromatic rings. The molecule has 1 aliphatic rings. The zero-order chi connectivity index (χ0) is 17.6. The number of rotatable bonds is 6. The van der Waals surface area contributed by atoms with Crippen LogP contribution in [0.15, 0.2) is 36.4 Å². The fourth-order valence-electron chi connectivity index (χ4n) is 3.23. The zero-order valence-corrected chi connectivity index (χ0v) is 14.7. The maximum Gasteiger partial charge on any atom is 0.222 e. The summed E-state index contributed by atoms with van der Waals surface area (Å²) in [5.41, 5.74) is 6.61. The molecule has 25 heavy (non-hydrogen) atoms. The Hall–Kier alpha value is -2.11. The number of morpholine rings is 1. The van der Waals surface area contributed by atoms with Gasteiger partial charge in [0.05, 0.1) is 20.3 Å². The molecule has 3 rings (SSSR count). The minimum absolute atomic E-state index is 0.0706. The lowest BCUT2D eigenvalue weighted by Crippen LogP contribution is -2.42. The number of fused-ring (bicyclic) bond motifs is 1. The van der Waals surface area contributed by atoms with E-state index in [0.29, 0.717) is 32.7 Å². The number of ether oxygens (including phenoxy) is 2. The first-order chi connectivity index (χ1) is 12.2. The van der Waals surface area contributed by atoms with Crippen molar-refractivity contribution < 1.29 is 14.3 Å². The number of nitrogens with two attached hydrogens (primary N) is 1. The van der Waals surface area contributed by atoms with Crippen molar-refractivity contribution in [3.05, 3.63) is 42.0 Å². The lowest BCUT2D eigenvalue weighted by atomic mass is 10.0. The summed E-state index contributed by atoms with van der Waals surface area (Å²) in [6.45, 7) is 2.50. The van der Waals surface area contributed by atoms with Gasteiger partial charge in [-0.1, -0.05) is 18.2 Å². The molecule has 1 fully saturated rings. The smallest absolute Gasteiger partial charge is 0.222 e. The first-order valence-electron chi connectivity index (χ1n) is 8.88. The van der Waals surface area contributed by atoms with Gasteiger partial charge in [-0.3, -0.25) is 4.79 Å².